The number of ether oxygens (including phenoxy) is 3. The van der Waals surface area contributed by atoms with Gasteiger partial charge in [-0.2, -0.15) is 26.3 Å². The minimum Gasteiger partial charge on any atom is -0.487 e. The SMILES string of the molecule is CNC(=O)/C(=N/OC)c1ccccc1COc1ccc(C(F)(F)F)cc1Cl.CO/N=C(/C(=O)OC)c1ccccc1COc1ccc(C(F)(F)F)cc1Cl. The molecule has 4 rings (SSSR count). The number of hydrogen-bond donors (Lipinski definition) is 1. The number of esters is 1. The number of carbonyl (C=O) groups excluding carboxylic acids is 2. The average Bonchev–Trinajstić information content (AvgIpc) is 3.14. The summed E-state index contributed by atoms with van der Waals surface area (Å²) in [4.78, 5) is 33.3. The molecular weight excluding hydrogens is 771 g/mol. The molecule has 0 aliphatic carbocycles. The molecule has 0 spiro atoms. The zero-order valence-electron chi connectivity index (χ0n) is 28.8. The van der Waals surface area contributed by atoms with Gasteiger partial charge in [-0.15, -0.1) is 0 Å². The number of hydrogen-bond acceptors (Lipinski definition) is 9. The lowest BCUT2D eigenvalue weighted by molar-refractivity contribution is -0.138. The van der Waals surface area contributed by atoms with E-state index < -0.39 is 35.4 Å². The van der Waals surface area contributed by atoms with Crippen LogP contribution in [-0.4, -0.2) is 51.7 Å². The van der Waals surface area contributed by atoms with Gasteiger partial charge in [0, 0.05) is 18.2 Å². The Bertz CT molecular complexity index is 1850. The zero-order chi connectivity index (χ0) is 40.1. The highest BCUT2D eigenvalue weighted by molar-refractivity contribution is 6.45. The lowest BCUT2D eigenvalue weighted by Gasteiger charge is -2.14. The molecule has 0 fully saturated rings. The summed E-state index contributed by atoms with van der Waals surface area (Å²) in [5.41, 5.74) is 0.198. The Kier molecular flexibility index (Phi) is 15.5. The molecule has 0 heterocycles. The van der Waals surface area contributed by atoms with Crippen LogP contribution >= 0.6 is 23.2 Å². The molecule has 288 valence electrons. The third-order valence-corrected chi connectivity index (χ3v) is 7.61. The van der Waals surface area contributed by atoms with Crippen LogP contribution in [0.1, 0.15) is 33.4 Å². The van der Waals surface area contributed by atoms with Gasteiger partial charge in [0.2, 0.25) is 0 Å². The van der Waals surface area contributed by atoms with E-state index in [1.54, 1.807) is 48.5 Å². The van der Waals surface area contributed by atoms with Crippen molar-refractivity contribution in [2.24, 2.45) is 10.3 Å². The van der Waals surface area contributed by atoms with E-state index >= 15 is 0 Å². The van der Waals surface area contributed by atoms with Gasteiger partial charge in [0.05, 0.1) is 28.3 Å². The fourth-order valence-electron chi connectivity index (χ4n) is 4.46. The molecule has 54 heavy (non-hydrogen) atoms. The number of nitrogens with one attached hydrogen (secondary N) is 1. The summed E-state index contributed by atoms with van der Waals surface area (Å²) in [6.07, 6.45) is -8.99. The Balaban J connectivity index is 0.000000290. The van der Waals surface area contributed by atoms with Crippen molar-refractivity contribution in [3.63, 3.8) is 0 Å². The maximum absolute atomic E-state index is 12.7. The monoisotopic (exact) mass is 801 g/mol. The number of carbonyl (C=O) groups is 2. The van der Waals surface area contributed by atoms with Crippen LogP contribution in [0.25, 0.3) is 0 Å². The van der Waals surface area contributed by atoms with Crippen LogP contribution in [0.5, 0.6) is 11.5 Å². The van der Waals surface area contributed by atoms with E-state index in [1.807, 2.05) is 0 Å². The predicted octanol–water partition coefficient (Wildman–Crippen LogP) is 8.50. The first kappa shape index (κ1) is 42.9. The molecule has 0 saturated heterocycles. The molecule has 0 atom stereocenters. The van der Waals surface area contributed by atoms with E-state index in [0.29, 0.717) is 22.3 Å². The van der Waals surface area contributed by atoms with Gasteiger partial charge < -0.3 is 29.2 Å². The van der Waals surface area contributed by atoms with Crippen molar-refractivity contribution in [3.05, 3.63) is 128 Å². The van der Waals surface area contributed by atoms with Crippen LogP contribution in [0.15, 0.2) is 95.2 Å². The summed E-state index contributed by atoms with van der Waals surface area (Å²) >= 11 is 11.8. The topological polar surface area (TPSA) is 117 Å². The van der Waals surface area contributed by atoms with Gasteiger partial charge in [0.25, 0.3) is 5.91 Å². The molecule has 4 aromatic rings. The molecule has 0 aliphatic heterocycles. The summed E-state index contributed by atoms with van der Waals surface area (Å²) in [5.74, 6) is -1.01. The van der Waals surface area contributed by atoms with E-state index in [0.717, 1.165) is 36.4 Å². The van der Waals surface area contributed by atoms with Gasteiger partial charge in [-0.25, -0.2) is 4.79 Å². The van der Waals surface area contributed by atoms with Crippen molar-refractivity contribution in [2.45, 2.75) is 25.6 Å². The van der Waals surface area contributed by atoms with E-state index in [-0.39, 0.29) is 46.2 Å². The van der Waals surface area contributed by atoms with Crippen LogP contribution in [0.4, 0.5) is 26.3 Å². The Morgan fingerprint density at radius 3 is 1.43 bits per heavy atom. The number of halogens is 8. The van der Waals surface area contributed by atoms with Gasteiger partial charge in [-0.3, -0.25) is 4.79 Å². The minimum absolute atomic E-state index is 0.0396. The molecule has 0 radical (unpaired) electrons. The molecule has 0 aromatic heterocycles. The molecule has 0 saturated carbocycles. The standard InChI is InChI=1S/C18H16ClF3N2O3.C18H15ClF3NO4/c1-23-17(25)16(24-26-2)13-6-4-3-5-11(13)10-27-15-8-7-12(9-14(15)19)18(20,21)22;1-25-17(24)16(23-26-2)13-6-4-3-5-11(13)10-27-15-8-7-12(9-14(15)19)18(20,21)22/h3-9H,10H2,1-2H3,(H,23,25);3-9H,10H2,1-2H3/b24-16+;23-16+. The van der Waals surface area contributed by atoms with Crippen molar-refractivity contribution in [2.75, 3.05) is 28.4 Å². The number of alkyl halides is 6. The fourth-order valence-corrected chi connectivity index (χ4v) is 4.93. The number of oxime groups is 2. The van der Waals surface area contributed by atoms with Crippen LogP contribution in [0, 0.1) is 0 Å². The molecule has 10 nitrogen and oxygen atoms in total. The molecular formula is C36H31Cl2F6N3O7. The number of benzene rings is 4. The first-order valence-electron chi connectivity index (χ1n) is 15.2. The quantitative estimate of drug-likeness (QED) is 0.0661. The first-order valence-corrected chi connectivity index (χ1v) is 16.0. The van der Waals surface area contributed by atoms with Gasteiger partial charge in [0.1, 0.15) is 38.9 Å². The third kappa shape index (κ3) is 11.8. The molecule has 0 bridgehead atoms. The van der Waals surface area contributed by atoms with Crippen molar-refractivity contribution in [1.82, 2.24) is 5.32 Å². The smallest absolute Gasteiger partial charge is 0.416 e. The Labute approximate surface area is 315 Å². The zero-order valence-corrected chi connectivity index (χ0v) is 30.3. The van der Waals surface area contributed by atoms with Crippen LogP contribution in [0.2, 0.25) is 10.0 Å². The number of nitrogens with zero attached hydrogens (tertiary/aromatic N) is 2. The van der Waals surface area contributed by atoms with Gasteiger partial charge in [0.15, 0.2) is 11.4 Å². The van der Waals surface area contributed by atoms with Gasteiger partial charge in [-0.05, 0) is 47.5 Å². The highest BCUT2D eigenvalue weighted by atomic mass is 35.5. The van der Waals surface area contributed by atoms with E-state index in [4.69, 9.17) is 37.5 Å². The number of rotatable bonds is 12. The first-order chi connectivity index (χ1) is 25.5. The molecule has 4 aromatic carbocycles. The molecule has 1 N–H and O–H groups in total. The van der Waals surface area contributed by atoms with E-state index in [1.165, 1.54) is 28.4 Å². The Morgan fingerprint density at radius 1 is 0.648 bits per heavy atom. The van der Waals surface area contributed by atoms with Crippen molar-refractivity contribution in [3.8, 4) is 11.5 Å². The van der Waals surface area contributed by atoms with E-state index in [2.05, 4.69) is 25.2 Å². The number of likely N-dealkylation sites (N-methyl/N-ethyl adjacent to an activating group) is 1. The molecule has 0 aliphatic rings. The van der Waals surface area contributed by atoms with Crippen LogP contribution in [0.3, 0.4) is 0 Å². The van der Waals surface area contributed by atoms with Gasteiger partial charge >= 0.3 is 18.3 Å². The van der Waals surface area contributed by atoms with Crippen LogP contribution < -0.4 is 14.8 Å². The van der Waals surface area contributed by atoms with E-state index in [9.17, 15) is 35.9 Å². The lowest BCUT2D eigenvalue weighted by Crippen LogP contribution is -2.29. The summed E-state index contributed by atoms with van der Waals surface area (Å²) < 4.78 is 92.0. The Hall–Kier alpha value is -5.48. The number of amides is 1. The summed E-state index contributed by atoms with van der Waals surface area (Å²) in [7, 11) is 5.25. The second kappa shape index (κ2) is 19.6. The number of methoxy groups -OCH3 is 1. The van der Waals surface area contributed by atoms with Gasteiger partial charge in [-0.1, -0.05) is 82.0 Å². The van der Waals surface area contributed by atoms with Crippen molar-refractivity contribution >= 4 is 46.5 Å². The second-order valence-corrected chi connectivity index (χ2v) is 11.3. The minimum atomic E-state index is -4.50. The summed E-state index contributed by atoms with van der Waals surface area (Å²) in [6, 6.07) is 19.1. The molecule has 18 heteroatoms. The Morgan fingerprint density at radius 2 is 1.06 bits per heavy atom. The predicted molar refractivity (Wildman–Crippen MR) is 188 cm³/mol. The fraction of sp³-hybridized carbons (Fsp3) is 0.222. The average molecular weight is 803 g/mol. The largest absolute Gasteiger partial charge is 0.487 e. The van der Waals surface area contributed by atoms with Crippen LogP contribution in [-0.2, 0) is 49.6 Å². The highest BCUT2D eigenvalue weighted by Crippen LogP contribution is 2.36. The second-order valence-electron chi connectivity index (χ2n) is 10.5. The third-order valence-electron chi connectivity index (χ3n) is 7.02. The molecule has 0 unspecified atom stereocenters. The highest BCUT2D eigenvalue weighted by Gasteiger charge is 2.32. The van der Waals surface area contributed by atoms with Crippen molar-refractivity contribution in [1.29, 1.82) is 0 Å². The molecule has 1 amide bonds. The summed E-state index contributed by atoms with van der Waals surface area (Å²) in [5, 5.41) is 9.52. The van der Waals surface area contributed by atoms with Crippen molar-refractivity contribution < 1.29 is 59.8 Å². The maximum atomic E-state index is 12.7. The lowest BCUT2D eigenvalue weighted by atomic mass is 10.0. The summed E-state index contributed by atoms with van der Waals surface area (Å²) in [6.45, 7) is -0.109. The maximum Gasteiger partial charge on any atom is 0.416 e. The normalized spacial score (nSPS) is 11.9.